The maximum absolute atomic E-state index is 12.8. The quantitative estimate of drug-likeness (QED) is 0.766. The van der Waals surface area contributed by atoms with E-state index in [1.54, 1.807) is 13.0 Å². The van der Waals surface area contributed by atoms with Gasteiger partial charge in [-0.3, -0.25) is 9.10 Å². The van der Waals surface area contributed by atoms with Gasteiger partial charge in [0.1, 0.15) is 6.04 Å². The number of halogens is 2. The van der Waals surface area contributed by atoms with E-state index in [0.717, 1.165) is 36.5 Å². The Morgan fingerprint density at radius 3 is 2.42 bits per heavy atom. The summed E-state index contributed by atoms with van der Waals surface area (Å²) in [5.74, 6) is -0.293. The molecule has 9 heteroatoms. The lowest BCUT2D eigenvalue weighted by atomic mass is 10.0. The van der Waals surface area contributed by atoms with Gasteiger partial charge in [0.15, 0.2) is 0 Å². The van der Waals surface area contributed by atoms with Gasteiger partial charge in [0.25, 0.3) is 0 Å². The van der Waals surface area contributed by atoms with Gasteiger partial charge in [-0.1, -0.05) is 30.1 Å². The number of amides is 1. The molecule has 0 spiro atoms. The van der Waals surface area contributed by atoms with Crippen molar-refractivity contribution in [3.05, 3.63) is 28.2 Å². The Hall–Kier alpha value is -1.02. The SMILES string of the molecule is CCC(C(=O)NC1CCN(C)CC1)N(c1ccc(Cl)c(Cl)c1)S(C)(=O)=O. The highest BCUT2D eigenvalue weighted by Crippen LogP contribution is 2.30. The van der Waals surface area contributed by atoms with Crippen LogP contribution in [0.1, 0.15) is 26.2 Å². The molecule has 1 aliphatic rings. The van der Waals surface area contributed by atoms with Crippen LogP contribution < -0.4 is 9.62 Å². The minimum Gasteiger partial charge on any atom is -0.351 e. The van der Waals surface area contributed by atoms with Crippen LogP contribution in [0.4, 0.5) is 5.69 Å². The Labute approximate surface area is 165 Å². The average Bonchev–Trinajstić information content (AvgIpc) is 2.56. The van der Waals surface area contributed by atoms with E-state index < -0.39 is 16.1 Å². The monoisotopic (exact) mass is 421 g/mol. The van der Waals surface area contributed by atoms with Crippen molar-refractivity contribution in [3.8, 4) is 0 Å². The van der Waals surface area contributed by atoms with Gasteiger partial charge in [-0.05, 0) is 57.6 Å². The lowest BCUT2D eigenvalue weighted by Gasteiger charge is -2.34. The highest BCUT2D eigenvalue weighted by Gasteiger charge is 2.33. The Morgan fingerprint density at radius 2 is 1.92 bits per heavy atom. The molecule has 1 N–H and O–H groups in total. The zero-order valence-electron chi connectivity index (χ0n) is 15.2. The molecular formula is C17H25Cl2N3O3S. The molecule has 2 rings (SSSR count). The van der Waals surface area contributed by atoms with Crippen molar-refractivity contribution in [1.82, 2.24) is 10.2 Å². The zero-order chi connectivity index (χ0) is 19.5. The fraction of sp³-hybridized carbons (Fsp3) is 0.588. The van der Waals surface area contributed by atoms with E-state index in [9.17, 15) is 13.2 Å². The standard InChI is InChI=1S/C17H25Cl2N3O3S/c1-4-16(17(23)20-12-7-9-21(2)10-8-12)22(26(3,24)25)13-5-6-14(18)15(19)11-13/h5-6,11-12,16H,4,7-10H2,1-3H3,(H,20,23). The number of nitrogens with one attached hydrogen (secondary N) is 1. The third kappa shape index (κ3) is 5.25. The number of rotatable bonds is 6. The third-order valence-corrected chi connectivity index (χ3v) is 6.47. The molecular weight excluding hydrogens is 397 g/mol. The summed E-state index contributed by atoms with van der Waals surface area (Å²) in [4.78, 5) is 15.1. The van der Waals surface area contributed by atoms with E-state index in [2.05, 4.69) is 10.2 Å². The van der Waals surface area contributed by atoms with Crippen molar-refractivity contribution in [2.75, 3.05) is 30.7 Å². The van der Waals surface area contributed by atoms with Gasteiger partial charge >= 0.3 is 0 Å². The Bertz CT molecular complexity index is 750. The summed E-state index contributed by atoms with van der Waals surface area (Å²) in [7, 11) is -1.65. The van der Waals surface area contributed by atoms with Crippen LogP contribution in [0.25, 0.3) is 0 Å². The van der Waals surface area contributed by atoms with Gasteiger partial charge < -0.3 is 10.2 Å². The fourth-order valence-electron chi connectivity index (χ4n) is 3.13. The lowest BCUT2D eigenvalue weighted by molar-refractivity contribution is -0.123. The second-order valence-corrected chi connectivity index (χ2v) is 9.34. The second kappa shape index (κ2) is 8.78. The van der Waals surface area contributed by atoms with Gasteiger partial charge in [0.2, 0.25) is 15.9 Å². The molecule has 0 bridgehead atoms. The minimum atomic E-state index is -3.69. The maximum atomic E-state index is 12.8. The van der Waals surface area contributed by atoms with E-state index in [0.29, 0.717) is 17.1 Å². The number of anilines is 1. The molecule has 0 aliphatic carbocycles. The molecule has 1 saturated heterocycles. The first kappa shape index (κ1) is 21.3. The molecule has 0 radical (unpaired) electrons. The van der Waals surface area contributed by atoms with E-state index in [1.165, 1.54) is 12.1 Å². The van der Waals surface area contributed by atoms with Gasteiger partial charge in [-0.2, -0.15) is 0 Å². The average molecular weight is 422 g/mol. The molecule has 0 saturated carbocycles. The van der Waals surface area contributed by atoms with Crippen LogP contribution in [0.15, 0.2) is 18.2 Å². The van der Waals surface area contributed by atoms with Crippen molar-refractivity contribution in [2.45, 2.75) is 38.3 Å². The highest BCUT2D eigenvalue weighted by molar-refractivity contribution is 7.92. The maximum Gasteiger partial charge on any atom is 0.244 e. The number of piperidine rings is 1. The number of hydrogen-bond acceptors (Lipinski definition) is 4. The molecule has 1 atom stereocenters. The number of sulfonamides is 1. The van der Waals surface area contributed by atoms with Crippen LogP contribution in [-0.2, 0) is 14.8 Å². The van der Waals surface area contributed by atoms with Crippen LogP contribution >= 0.6 is 23.2 Å². The van der Waals surface area contributed by atoms with Crippen molar-refractivity contribution in [3.63, 3.8) is 0 Å². The van der Waals surface area contributed by atoms with Crippen molar-refractivity contribution >= 4 is 44.8 Å². The molecule has 6 nitrogen and oxygen atoms in total. The molecule has 1 unspecified atom stereocenters. The number of nitrogens with zero attached hydrogens (tertiary/aromatic N) is 2. The van der Waals surface area contributed by atoms with E-state index >= 15 is 0 Å². The number of likely N-dealkylation sites (tertiary alicyclic amines) is 1. The predicted molar refractivity (Wildman–Crippen MR) is 107 cm³/mol. The molecule has 1 amide bonds. The van der Waals surface area contributed by atoms with Crippen LogP contribution in [0, 0.1) is 0 Å². The third-order valence-electron chi connectivity index (χ3n) is 4.55. The van der Waals surface area contributed by atoms with Crippen LogP contribution in [0.2, 0.25) is 10.0 Å². The summed E-state index contributed by atoms with van der Waals surface area (Å²) >= 11 is 12.0. The summed E-state index contributed by atoms with van der Waals surface area (Å²) in [6.07, 6.45) is 3.13. The number of hydrogen-bond donors (Lipinski definition) is 1. The van der Waals surface area contributed by atoms with Crippen LogP contribution in [0.5, 0.6) is 0 Å². The summed E-state index contributed by atoms with van der Waals surface area (Å²) in [6, 6.07) is 3.76. The van der Waals surface area contributed by atoms with Gasteiger partial charge in [-0.25, -0.2) is 8.42 Å². The first-order valence-corrected chi connectivity index (χ1v) is 11.2. The molecule has 0 aromatic heterocycles. The predicted octanol–water partition coefficient (Wildman–Crippen LogP) is 2.75. The van der Waals surface area contributed by atoms with Crippen molar-refractivity contribution in [1.29, 1.82) is 0 Å². The number of benzene rings is 1. The zero-order valence-corrected chi connectivity index (χ0v) is 17.5. The second-order valence-electron chi connectivity index (χ2n) is 6.67. The molecule has 146 valence electrons. The number of carbonyl (C=O) groups excluding carboxylic acids is 1. The normalized spacial score (nSPS) is 17.7. The summed E-state index contributed by atoms with van der Waals surface area (Å²) < 4.78 is 26.0. The molecule has 1 aromatic carbocycles. The Morgan fingerprint density at radius 1 is 1.31 bits per heavy atom. The largest absolute Gasteiger partial charge is 0.351 e. The van der Waals surface area contributed by atoms with E-state index in [1.807, 2.05) is 7.05 Å². The smallest absolute Gasteiger partial charge is 0.244 e. The van der Waals surface area contributed by atoms with Gasteiger partial charge in [0, 0.05) is 6.04 Å². The van der Waals surface area contributed by atoms with Crippen LogP contribution in [0.3, 0.4) is 0 Å². The Balaban J connectivity index is 2.26. The highest BCUT2D eigenvalue weighted by atomic mass is 35.5. The lowest BCUT2D eigenvalue weighted by Crippen LogP contribution is -2.53. The molecule has 1 heterocycles. The minimum absolute atomic E-state index is 0.0583. The Kier molecular flexibility index (Phi) is 7.19. The van der Waals surface area contributed by atoms with E-state index in [4.69, 9.17) is 23.2 Å². The van der Waals surface area contributed by atoms with Gasteiger partial charge in [0.05, 0.1) is 22.0 Å². The van der Waals surface area contributed by atoms with Crippen molar-refractivity contribution in [2.24, 2.45) is 0 Å². The van der Waals surface area contributed by atoms with Crippen molar-refractivity contribution < 1.29 is 13.2 Å². The molecule has 1 fully saturated rings. The summed E-state index contributed by atoms with van der Waals surface area (Å²) in [5, 5.41) is 3.57. The first-order chi connectivity index (χ1) is 12.1. The summed E-state index contributed by atoms with van der Waals surface area (Å²) in [6.45, 7) is 3.60. The topological polar surface area (TPSA) is 69.7 Å². The number of carbonyl (C=O) groups is 1. The molecule has 1 aromatic rings. The van der Waals surface area contributed by atoms with Crippen LogP contribution in [-0.4, -0.2) is 57.7 Å². The fourth-order valence-corrected chi connectivity index (χ4v) is 4.63. The molecule has 26 heavy (non-hydrogen) atoms. The first-order valence-electron chi connectivity index (χ1n) is 8.56. The summed E-state index contributed by atoms with van der Waals surface area (Å²) in [5.41, 5.74) is 0.326. The van der Waals surface area contributed by atoms with Gasteiger partial charge in [-0.15, -0.1) is 0 Å². The molecule has 1 aliphatic heterocycles. The van der Waals surface area contributed by atoms with E-state index in [-0.39, 0.29) is 17.0 Å².